The lowest BCUT2D eigenvalue weighted by molar-refractivity contribution is -0.138. The van der Waals surface area contributed by atoms with Crippen LogP contribution in [0.2, 0.25) is 0 Å². The van der Waals surface area contributed by atoms with Gasteiger partial charge in [-0.05, 0) is 25.5 Å². The Bertz CT molecular complexity index is 1400. The van der Waals surface area contributed by atoms with Gasteiger partial charge in [-0.3, -0.25) is 14.6 Å². The minimum atomic E-state index is -4.77. The number of halogens is 5. The Morgan fingerprint density at radius 2 is 1.97 bits per heavy atom. The molecule has 3 aromatic rings. The Hall–Kier alpha value is -3.77. The van der Waals surface area contributed by atoms with E-state index in [4.69, 9.17) is 10.5 Å². The molecule has 0 spiro atoms. The number of amides is 1. The van der Waals surface area contributed by atoms with Crippen molar-refractivity contribution in [3.8, 4) is 17.0 Å². The molecule has 0 radical (unpaired) electrons. The van der Waals surface area contributed by atoms with E-state index in [-0.39, 0.29) is 65.3 Å². The van der Waals surface area contributed by atoms with Gasteiger partial charge in [-0.25, -0.2) is 13.8 Å². The molecule has 36 heavy (non-hydrogen) atoms. The Balaban J connectivity index is 2.04. The molecule has 4 heterocycles. The largest absolute Gasteiger partial charge is 0.491 e. The number of H-pyrrole nitrogens is 1. The number of aryl methyl sites for hydroxylation is 1. The van der Waals surface area contributed by atoms with Crippen molar-refractivity contribution in [3.05, 3.63) is 45.5 Å². The number of carbonyl (C=O) groups is 1. The van der Waals surface area contributed by atoms with Crippen LogP contribution < -0.4 is 20.8 Å². The maximum Gasteiger partial charge on any atom is 0.418 e. The van der Waals surface area contributed by atoms with Crippen LogP contribution in [0.25, 0.3) is 22.2 Å². The second kappa shape index (κ2) is 9.03. The Morgan fingerprint density at radius 3 is 2.61 bits per heavy atom. The standard InChI is InChI=1S/C23H22F5N5O3/c1-11-13(23(26,27)28)10-12(21(31-11)33-8-3-5-22(24,25)6-9-33)16-19(36-2)18(34)15-14(32-16)4-7-30-17(15)20(29)35/h4,7,10H,3,5-6,8-9H2,1-2H3,(H2,29,35)(H,32,34). The fourth-order valence-corrected chi connectivity index (χ4v) is 4.37. The minimum absolute atomic E-state index is 0.00400. The van der Waals surface area contributed by atoms with Crippen molar-refractivity contribution >= 4 is 22.6 Å². The third kappa shape index (κ3) is 4.56. The van der Waals surface area contributed by atoms with Crippen LogP contribution in [0, 0.1) is 6.92 Å². The predicted molar refractivity (Wildman–Crippen MR) is 121 cm³/mol. The topological polar surface area (TPSA) is 114 Å². The number of methoxy groups -OCH3 is 1. The zero-order chi connectivity index (χ0) is 26.4. The normalized spacial score (nSPS) is 16.1. The van der Waals surface area contributed by atoms with Crippen molar-refractivity contribution < 1.29 is 31.5 Å². The van der Waals surface area contributed by atoms with Gasteiger partial charge in [0.25, 0.3) is 5.91 Å². The van der Waals surface area contributed by atoms with Gasteiger partial charge in [-0.15, -0.1) is 0 Å². The number of aromatic nitrogens is 3. The number of hydrogen-bond donors (Lipinski definition) is 2. The molecular formula is C23H22F5N5O3. The van der Waals surface area contributed by atoms with E-state index in [1.807, 2.05) is 0 Å². The number of carbonyl (C=O) groups excluding carboxylic acids is 1. The quantitative estimate of drug-likeness (QED) is 0.511. The number of ether oxygens (including phenoxy) is 1. The van der Waals surface area contributed by atoms with E-state index in [9.17, 15) is 31.5 Å². The summed E-state index contributed by atoms with van der Waals surface area (Å²) in [5, 5.41) is -0.197. The molecule has 0 aromatic carbocycles. The van der Waals surface area contributed by atoms with Crippen LogP contribution in [-0.4, -0.2) is 47.0 Å². The van der Waals surface area contributed by atoms with Crippen LogP contribution in [0.3, 0.4) is 0 Å². The smallest absolute Gasteiger partial charge is 0.418 e. The van der Waals surface area contributed by atoms with Gasteiger partial charge in [-0.2, -0.15) is 13.2 Å². The Kier molecular flexibility index (Phi) is 6.35. The highest BCUT2D eigenvalue weighted by atomic mass is 19.4. The molecule has 3 aromatic heterocycles. The van der Waals surface area contributed by atoms with Crippen molar-refractivity contribution in [2.45, 2.75) is 38.3 Å². The summed E-state index contributed by atoms with van der Waals surface area (Å²) < 4.78 is 74.8. The maximum absolute atomic E-state index is 14.0. The third-order valence-corrected chi connectivity index (χ3v) is 6.09. The van der Waals surface area contributed by atoms with Gasteiger partial charge < -0.3 is 20.4 Å². The van der Waals surface area contributed by atoms with E-state index >= 15 is 0 Å². The lowest BCUT2D eigenvalue weighted by Crippen LogP contribution is -2.28. The first-order valence-electron chi connectivity index (χ1n) is 10.9. The first-order chi connectivity index (χ1) is 16.8. The zero-order valence-electron chi connectivity index (χ0n) is 19.3. The van der Waals surface area contributed by atoms with Gasteiger partial charge in [0.05, 0.1) is 35.0 Å². The fourth-order valence-electron chi connectivity index (χ4n) is 4.37. The third-order valence-electron chi connectivity index (χ3n) is 6.09. The van der Waals surface area contributed by atoms with Crippen LogP contribution in [0.15, 0.2) is 23.1 Å². The van der Waals surface area contributed by atoms with Gasteiger partial charge >= 0.3 is 6.18 Å². The van der Waals surface area contributed by atoms with Gasteiger partial charge in [0.2, 0.25) is 11.4 Å². The molecule has 1 saturated heterocycles. The van der Waals surface area contributed by atoms with Gasteiger partial charge in [0.1, 0.15) is 11.5 Å². The van der Waals surface area contributed by atoms with Crippen LogP contribution >= 0.6 is 0 Å². The molecule has 1 aliphatic heterocycles. The molecule has 192 valence electrons. The fraction of sp³-hybridized carbons (Fsp3) is 0.391. The average Bonchev–Trinajstić information content (AvgIpc) is 2.97. The summed E-state index contributed by atoms with van der Waals surface area (Å²) >= 11 is 0. The average molecular weight is 511 g/mol. The van der Waals surface area contributed by atoms with Crippen molar-refractivity contribution in [2.24, 2.45) is 5.73 Å². The monoisotopic (exact) mass is 511 g/mol. The van der Waals surface area contributed by atoms with Gasteiger partial charge in [0, 0.05) is 37.7 Å². The highest BCUT2D eigenvalue weighted by molar-refractivity contribution is 6.04. The number of pyridine rings is 3. The van der Waals surface area contributed by atoms with Crippen LogP contribution in [0.1, 0.15) is 41.0 Å². The van der Waals surface area contributed by atoms with Crippen LogP contribution in [0.5, 0.6) is 5.75 Å². The first-order valence-corrected chi connectivity index (χ1v) is 10.9. The second-order valence-corrected chi connectivity index (χ2v) is 8.50. The number of anilines is 1. The van der Waals surface area contributed by atoms with Crippen LogP contribution in [0.4, 0.5) is 27.8 Å². The van der Waals surface area contributed by atoms with Crippen molar-refractivity contribution in [2.75, 3.05) is 25.1 Å². The Labute approximate surface area is 201 Å². The molecule has 0 aliphatic carbocycles. The number of aromatic amines is 1. The minimum Gasteiger partial charge on any atom is -0.491 e. The molecule has 13 heteroatoms. The maximum atomic E-state index is 14.0. The van der Waals surface area contributed by atoms with E-state index in [0.29, 0.717) is 0 Å². The molecule has 1 fully saturated rings. The van der Waals surface area contributed by atoms with E-state index in [1.165, 1.54) is 24.1 Å². The first kappa shape index (κ1) is 25.3. The van der Waals surface area contributed by atoms with E-state index < -0.39 is 41.2 Å². The number of primary amides is 1. The predicted octanol–water partition coefficient (Wildman–Crippen LogP) is 4.05. The summed E-state index contributed by atoms with van der Waals surface area (Å²) in [4.78, 5) is 37.4. The molecule has 0 bridgehead atoms. The second-order valence-electron chi connectivity index (χ2n) is 8.50. The summed E-state index contributed by atoms with van der Waals surface area (Å²) in [6.45, 7) is 1.14. The summed E-state index contributed by atoms with van der Waals surface area (Å²) in [6.07, 6.45) is -4.34. The highest BCUT2D eigenvalue weighted by Gasteiger charge is 2.37. The summed E-state index contributed by atoms with van der Waals surface area (Å²) in [5.41, 5.74) is 2.52. The molecule has 0 unspecified atom stereocenters. The molecule has 1 aliphatic rings. The van der Waals surface area contributed by atoms with E-state index in [1.54, 1.807) is 0 Å². The lowest BCUT2D eigenvalue weighted by Gasteiger charge is -2.26. The van der Waals surface area contributed by atoms with Crippen molar-refractivity contribution in [3.63, 3.8) is 0 Å². The highest BCUT2D eigenvalue weighted by Crippen LogP contribution is 2.41. The zero-order valence-corrected chi connectivity index (χ0v) is 19.3. The molecule has 0 atom stereocenters. The van der Waals surface area contributed by atoms with Gasteiger partial charge in [0.15, 0.2) is 5.75 Å². The summed E-state index contributed by atoms with van der Waals surface area (Å²) in [7, 11) is 1.14. The molecule has 8 nitrogen and oxygen atoms in total. The molecular weight excluding hydrogens is 489 g/mol. The number of fused-ring (bicyclic) bond motifs is 1. The SMILES string of the molecule is COc1c(-c2cc(C(F)(F)F)c(C)nc2N2CCCC(F)(F)CC2)[nH]c2ccnc(C(N)=O)c2c1=O. The lowest BCUT2D eigenvalue weighted by atomic mass is 10.0. The van der Waals surface area contributed by atoms with Crippen LogP contribution in [-0.2, 0) is 6.18 Å². The summed E-state index contributed by atoms with van der Waals surface area (Å²) in [5.74, 6) is -4.31. The number of nitrogens with two attached hydrogens (primary N) is 1. The molecule has 1 amide bonds. The molecule has 4 rings (SSSR count). The number of nitrogens with one attached hydrogen (secondary N) is 1. The van der Waals surface area contributed by atoms with Gasteiger partial charge in [-0.1, -0.05) is 0 Å². The molecule has 0 saturated carbocycles. The van der Waals surface area contributed by atoms with Crippen molar-refractivity contribution in [1.29, 1.82) is 0 Å². The van der Waals surface area contributed by atoms with Crippen molar-refractivity contribution in [1.82, 2.24) is 15.0 Å². The van der Waals surface area contributed by atoms with E-state index in [2.05, 4.69) is 15.0 Å². The number of nitrogens with zero attached hydrogens (tertiary/aromatic N) is 3. The van der Waals surface area contributed by atoms with E-state index in [0.717, 1.165) is 13.2 Å². The molecule has 3 N–H and O–H groups in total. The number of rotatable bonds is 4. The number of alkyl halides is 5. The number of hydrogen-bond acceptors (Lipinski definition) is 6. The Morgan fingerprint density at radius 1 is 1.25 bits per heavy atom. The summed E-state index contributed by atoms with van der Waals surface area (Å²) in [6, 6.07) is 2.17.